The molecule has 106 valence electrons. The molecule has 0 aliphatic heterocycles. The van der Waals surface area contributed by atoms with Gasteiger partial charge in [0, 0.05) is 5.54 Å². The highest BCUT2D eigenvalue weighted by Gasteiger charge is 2.30. The van der Waals surface area contributed by atoms with Gasteiger partial charge in [0.05, 0.1) is 5.75 Å². The normalized spacial score (nSPS) is 13.9. The van der Waals surface area contributed by atoms with Crippen LogP contribution in [0.15, 0.2) is 30.3 Å². The zero-order valence-electron chi connectivity index (χ0n) is 11.8. The number of hydrogen-bond donors (Lipinski definition) is 1. The molecule has 0 saturated heterocycles. The summed E-state index contributed by atoms with van der Waals surface area (Å²) in [6, 6.07) is 8.87. The number of carbonyl (C=O) groups is 1. The second kappa shape index (κ2) is 5.74. The zero-order chi connectivity index (χ0) is 14.7. The summed E-state index contributed by atoms with van der Waals surface area (Å²) in [7, 11) is -3.50. The topological polar surface area (TPSA) is 63.2 Å². The highest BCUT2D eigenvalue weighted by molar-refractivity contribution is 7.92. The van der Waals surface area contributed by atoms with E-state index < -0.39 is 26.5 Å². The molecule has 19 heavy (non-hydrogen) atoms. The summed E-state index contributed by atoms with van der Waals surface area (Å²) in [5, 5.41) is 1.64. The van der Waals surface area contributed by atoms with Crippen molar-refractivity contribution in [3.05, 3.63) is 35.9 Å². The summed E-state index contributed by atoms with van der Waals surface area (Å²) >= 11 is 0. The van der Waals surface area contributed by atoms with Gasteiger partial charge in [0.2, 0.25) is 5.91 Å². The molecule has 1 rings (SSSR count). The van der Waals surface area contributed by atoms with E-state index in [1.807, 2.05) is 26.8 Å². The Morgan fingerprint density at radius 1 is 1.21 bits per heavy atom. The molecule has 1 atom stereocenters. The van der Waals surface area contributed by atoms with Gasteiger partial charge in [-0.05, 0) is 33.3 Å². The largest absolute Gasteiger partial charge is 0.350 e. The van der Waals surface area contributed by atoms with Crippen LogP contribution in [0.2, 0.25) is 0 Å². The van der Waals surface area contributed by atoms with Gasteiger partial charge in [-0.15, -0.1) is 0 Å². The minimum Gasteiger partial charge on any atom is -0.350 e. The lowest BCUT2D eigenvalue weighted by molar-refractivity contribution is -0.121. The van der Waals surface area contributed by atoms with Gasteiger partial charge in [0.1, 0.15) is 5.25 Å². The first kappa shape index (κ1) is 15.7. The molecule has 1 N–H and O–H groups in total. The van der Waals surface area contributed by atoms with Crippen LogP contribution in [0.3, 0.4) is 0 Å². The van der Waals surface area contributed by atoms with E-state index in [9.17, 15) is 13.2 Å². The fraction of sp³-hybridized carbons (Fsp3) is 0.500. The molecule has 4 nitrogen and oxygen atoms in total. The predicted molar refractivity (Wildman–Crippen MR) is 76.4 cm³/mol. The Balaban J connectivity index is 2.80. The summed E-state index contributed by atoms with van der Waals surface area (Å²) in [6.45, 7) is 6.89. The zero-order valence-corrected chi connectivity index (χ0v) is 12.6. The maximum Gasteiger partial charge on any atom is 0.238 e. The molecule has 1 amide bonds. The first-order valence-electron chi connectivity index (χ1n) is 6.19. The molecule has 1 aromatic carbocycles. The number of amides is 1. The number of rotatable bonds is 4. The fourth-order valence-corrected chi connectivity index (χ4v) is 2.86. The van der Waals surface area contributed by atoms with E-state index in [1.165, 1.54) is 6.92 Å². The summed E-state index contributed by atoms with van der Waals surface area (Å²) in [4.78, 5) is 11.9. The quantitative estimate of drug-likeness (QED) is 0.918. The molecular weight excluding hydrogens is 262 g/mol. The number of hydrogen-bond acceptors (Lipinski definition) is 3. The first-order valence-corrected chi connectivity index (χ1v) is 7.91. The molecule has 0 radical (unpaired) electrons. The second-order valence-electron chi connectivity index (χ2n) is 5.67. The van der Waals surface area contributed by atoms with Crippen LogP contribution in [0.25, 0.3) is 0 Å². The van der Waals surface area contributed by atoms with Crippen LogP contribution >= 0.6 is 0 Å². The SMILES string of the molecule is C[C@H](C(=O)NC(C)(C)C)S(=O)(=O)Cc1ccccc1. The van der Waals surface area contributed by atoms with Crippen molar-refractivity contribution >= 4 is 15.7 Å². The third-order valence-electron chi connectivity index (χ3n) is 2.62. The molecule has 0 fully saturated rings. The van der Waals surface area contributed by atoms with E-state index in [2.05, 4.69) is 5.32 Å². The molecule has 0 aromatic heterocycles. The monoisotopic (exact) mass is 283 g/mol. The summed E-state index contributed by atoms with van der Waals surface area (Å²) in [5.74, 6) is -0.574. The van der Waals surface area contributed by atoms with Gasteiger partial charge in [-0.25, -0.2) is 8.42 Å². The van der Waals surface area contributed by atoms with Crippen molar-refractivity contribution in [3.63, 3.8) is 0 Å². The van der Waals surface area contributed by atoms with Crippen molar-refractivity contribution in [1.29, 1.82) is 0 Å². The molecule has 0 spiro atoms. The average Bonchev–Trinajstić information content (AvgIpc) is 2.26. The summed E-state index contributed by atoms with van der Waals surface area (Å²) in [5.41, 5.74) is 0.256. The molecule has 5 heteroatoms. The minimum absolute atomic E-state index is 0.118. The van der Waals surface area contributed by atoms with Crippen molar-refractivity contribution < 1.29 is 13.2 Å². The van der Waals surface area contributed by atoms with E-state index in [0.29, 0.717) is 5.56 Å². The Hall–Kier alpha value is -1.36. The van der Waals surface area contributed by atoms with Gasteiger partial charge < -0.3 is 5.32 Å². The second-order valence-corrected chi connectivity index (χ2v) is 8.00. The Labute approximate surface area is 115 Å². The highest BCUT2D eigenvalue weighted by atomic mass is 32.2. The van der Waals surface area contributed by atoms with E-state index in [1.54, 1.807) is 24.3 Å². The Kier molecular flexibility index (Phi) is 4.74. The lowest BCUT2D eigenvalue weighted by atomic mass is 10.1. The van der Waals surface area contributed by atoms with E-state index in [-0.39, 0.29) is 5.75 Å². The van der Waals surface area contributed by atoms with Crippen molar-refractivity contribution in [3.8, 4) is 0 Å². The molecule has 1 aromatic rings. The molecule has 0 aliphatic rings. The lowest BCUT2D eigenvalue weighted by Gasteiger charge is -2.23. The number of sulfone groups is 1. The standard InChI is InChI=1S/C14H21NO3S/c1-11(13(16)15-14(2,3)4)19(17,18)10-12-8-6-5-7-9-12/h5-9,11H,10H2,1-4H3,(H,15,16)/t11-/m1/s1. The van der Waals surface area contributed by atoms with Crippen molar-refractivity contribution in [2.45, 2.75) is 44.2 Å². The number of benzene rings is 1. The number of carbonyl (C=O) groups excluding carboxylic acids is 1. The van der Waals surface area contributed by atoms with Crippen LogP contribution in [0.5, 0.6) is 0 Å². The average molecular weight is 283 g/mol. The van der Waals surface area contributed by atoms with E-state index in [4.69, 9.17) is 0 Å². The van der Waals surface area contributed by atoms with Crippen molar-refractivity contribution in [1.82, 2.24) is 5.32 Å². The van der Waals surface area contributed by atoms with Crippen LogP contribution in [0.4, 0.5) is 0 Å². The molecule has 0 unspecified atom stereocenters. The first-order chi connectivity index (χ1) is 8.62. The maximum atomic E-state index is 12.2. The third-order valence-corrected chi connectivity index (χ3v) is 4.64. The van der Waals surface area contributed by atoms with Crippen LogP contribution in [-0.2, 0) is 20.4 Å². The summed E-state index contributed by atoms with van der Waals surface area (Å²) < 4.78 is 24.3. The molecular formula is C14H21NO3S. The molecule has 0 heterocycles. The van der Waals surface area contributed by atoms with E-state index in [0.717, 1.165) is 0 Å². The number of nitrogens with one attached hydrogen (secondary N) is 1. The third kappa shape index (κ3) is 5.03. The highest BCUT2D eigenvalue weighted by Crippen LogP contribution is 2.12. The lowest BCUT2D eigenvalue weighted by Crippen LogP contribution is -2.47. The van der Waals surface area contributed by atoms with Crippen LogP contribution < -0.4 is 5.32 Å². The predicted octanol–water partition coefficient (Wildman–Crippen LogP) is 1.90. The van der Waals surface area contributed by atoms with Gasteiger partial charge in [-0.1, -0.05) is 30.3 Å². The fourth-order valence-electron chi connectivity index (χ4n) is 1.57. The van der Waals surface area contributed by atoms with Gasteiger partial charge in [-0.3, -0.25) is 4.79 Å². The van der Waals surface area contributed by atoms with Gasteiger partial charge >= 0.3 is 0 Å². The van der Waals surface area contributed by atoms with Crippen molar-refractivity contribution in [2.24, 2.45) is 0 Å². The van der Waals surface area contributed by atoms with Crippen LogP contribution in [0.1, 0.15) is 33.3 Å². The molecule has 0 bridgehead atoms. The summed E-state index contributed by atoms with van der Waals surface area (Å²) in [6.07, 6.45) is 0. The van der Waals surface area contributed by atoms with Gasteiger partial charge in [0.15, 0.2) is 9.84 Å². The maximum absolute atomic E-state index is 12.2. The molecule has 0 aliphatic carbocycles. The molecule has 0 saturated carbocycles. The Bertz CT molecular complexity index is 530. The minimum atomic E-state index is -3.50. The van der Waals surface area contributed by atoms with Crippen LogP contribution in [-0.4, -0.2) is 25.1 Å². The smallest absolute Gasteiger partial charge is 0.238 e. The van der Waals surface area contributed by atoms with E-state index >= 15 is 0 Å². The Morgan fingerprint density at radius 2 is 1.74 bits per heavy atom. The van der Waals surface area contributed by atoms with Gasteiger partial charge in [0.25, 0.3) is 0 Å². The van der Waals surface area contributed by atoms with Crippen LogP contribution in [0, 0.1) is 0 Å². The Morgan fingerprint density at radius 3 is 2.21 bits per heavy atom. The van der Waals surface area contributed by atoms with Crippen molar-refractivity contribution in [2.75, 3.05) is 0 Å². The van der Waals surface area contributed by atoms with Gasteiger partial charge in [-0.2, -0.15) is 0 Å².